The van der Waals surface area contributed by atoms with Crippen LogP contribution in [-0.2, 0) is 4.79 Å². The van der Waals surface area contributed by atoms with Gasteiger partial charge in [-0.2, -0.15) is 5.10 Å². The molecule has 0 saturated carbocycles. The molecule has 1 fully saturated rings. The number of rotatable bonds is 11. The molecule has 0 spiro atoms. The molecule has 46 heavy (non-hydrogen) atoms. The smallest absolute Gasteiger partial charge is 0.227 e. The van der Waals surface area contributed by atoms with Gasteiger partial charge in [0, 0.05) is 46.6 Å². The van der Waals surface area contributed by atoms with Crippen molar-refractivity contribution in [2.75, 3.05) is 25.0 Å². The first-order valence-electron chi connectivity index (χ1n) is 16.0. The van der Waals surface area contributed by atoms with Gasteiger partial charge in [-0.05, 0) is 99.6 Å². The van der Waals surface area contributed by atoms with E-state index in [1.807, 2.05) is 88.5 Å². The number of nitrogens with two attached hydrogens (primary N) is 1. The molecule has 1 aliphatic heterocycles. The van der Waals surface area contributed by atoms with E-state index < -0.39 is 0 Å². The van der Waals surface area contributed by atoms with Gasteiger partial charge in [-0.1, -0.05) is 68.5 Å². The number of hydrogen-bond donors (Lipinski definition) is 3. The molecular weight excluding hydrogens is 591 g/mol. The van der Waals surface area contributed by atoms with Gasteiger partial charge >= 0.3 is 0 Å². The first kappa shape index (κ1) is 34.6. The number of hydrogen-bond acceptors (Lipinski definition) is 7. The fourth-order valence-electron chi connectivity index (χ4n) is 5.49. The topological polar surface area (TPSA) is 113 Å². The minimum Gasteiger partial charge on any atom is -0.326 e. The Morgan fingerprint density at radius 2 is 1.85 bits per heavy atom. The van der Waals surface area contributed by atoms with Crippen molar-refractivity contribution >= 4 is 35.3 Å². The molecule has 1 saturated heterocycles. The van der Waals surface area contributed by atoms with Crippen LogP contribution >= 0.6 is 11.9 Å². The number of likely N-dealkylation sites (tertiary alicyclic amines) is 1. The number of carbonyl (C=O) groups is 1. The molecule has 1 aliphatic rings. The van der Waals surface area contributed by atoms with Crippen LogP contribution in [0.2, 0.25) is 0 Å². The number of benzene rings is 2. The molecule has 0 aliphatic carbocycles. The Morgan fingerprint density at radius 1 is 1.09 bits per heavy atom. The lowest BCUT2D eigenvalue weighted by atomic mass is 9.95. The normalized spacial score (nSPS) is 14.2. The average molecular weight is 636 g/mol. The number of amides is 1. The number of piperidine rings is 1. The summed E-state index contributed by atoms with van der Waals surface area (Å²) >= 11 is 1.18. The van der Waals surface area contributed by atoms with Crippen LogP contribution in [0.1, 0.15) is 57.0 Å². The summed E-state index contributed by atoms with van der Waals surface area (Å²) in [7, 11) is 0. The van der Waals surface area contributed by atoms with E-state index in [0.29, 0.717) is 11.4 Å². The number of carbonyl (C=O) groups excluding carboxylic acids is 1. The molecule has 0 atom stereocenters. The Hall–Kier alpha value is -4.31. The summed E-state index contributed by atoms with van der Waals surface area (Å²) in [6, 6.07) is 21.8. The van der Waals surface area contributed by atoms with Crippen LogP contribution < -0.4 is 10.5 Å². The highest BCUT2D eigenvalue weighted by Crippen LogP contribution is 2.31. The minimum absolute atomic E-state index is 0.0183. The van der Waals surface area contributed by atoms with Crippen molar-refractivity contribution in [3.8, 4) is 16.9 Å². The van der Waals surface area contributed by atoms with Gasteiger partial charge in [-0.3, -0.25) is 9.93 Å². The van der Waals surface area contributed by atoms with Gasteiger partial charge in [0.15, 0.2) is 5.82 Å². The third kappa shape index (κ3) is 8.90. The molecule has 5 rings (SSSR count). The third-order valence-electron chi connectivity index (χ3n) is 7.90. The maximum absolute atomic E-state index is 12.9. The second-order valence-electron chi connectivity index (χ2n) is 10.9. The molecule has 240 valence electrons. The predicted molar refractivity (Wildman–Crippen MR) is 192 cm³/mol. The van der Waals surface area contributed by atoms with E-state index in [-0.39, 0.29) is 11.8 Å². The SMILES string of the molecule is C/C=C(\C=C/CCN1CCC(C(=O)Nc2cccc(SN)c2)CC1)c1nc(-n2ccc(C)n2)c(C=N)cc1-c1ccccc1.CC. The van der Waals surface area contributed by atoms with Crippen LogP contribution in [-0.4, -0.2) is 51.4 Å². The minimum atomic E-state index is 0.0183. The maximum Gasteiger partial charge on any atom is 0.227 e. The highest BCUT2D eigenvalue weighted by molar-refractivity contribution is 7.97. The van der Waals surface area contributed by atoms with Crippen LogP contribution in [0.3, 0.4) is 0 Å². The Labute approximate surface area is 277 Å². The summed E-state index contributed by atoms with van der Waals surface area (Å²) < 4.78 is 1.74. The molecule has 2 aromatic heterocycles. The van der Waals surface area contributed by atoms with E-state index in [9.17, 15) is 4.79 Å². The Balaban J connectivity index is 0.00000235. The summed E-state index contributed by atoms with van der Waals surface area (Å²) in [5.74, 6) is 0.736. The zero-order valence-corrected chi connectivity index (χ0v) is 28.1. The first-order valence-corrected chi connectivity index (χ1v) is 16.8. The number of allylic oxidation sites excluding steroid dienone is 3. The summed E-state index contributed by atoms with van der Waals surface area (Å²) in [6.07, 6.45) is 12.2. The highest BCUT2D eigenvalue weighted by Gasteiger charge is 2.25. The zero-order valence-electron chi connectivity index (χ0n) is 27.2. The number of aryl methyl sites for hydroxylation is 1. The number of pyridine rings is 1. The van der Waals surface area contributed by atoms with Gasteiger partial charge in [-0.25, -0.2) is 9.67 Å². The molecule has 8 nitrogen and oxygen atoms in total. The highest BCUT2D eigenvalue weighted by atomic mass is 32.2. The van der Waals surface area contributed by atoms with Crippen molar-refractivity contribution < 1.29 is 4.79 Å². The Kier molecular flexibility index (Phi) is 13.1. The lowest BCUT2D eigenvalue weighted by molar-refractivity contribution is -0.121. The van der Waals surface area contributed by atoms with Crippen molar-refractivity contribution in [2.45, 2.75) is 51.9 Å². The Morgan fingerprint density at radius 3 is 2.50 bits per heavy atom. The van der Waals surface area contributed by atoms with Crippen molar-refractivity contribution in [1.82, 2.24) is 19.7 Å². The third-order valence-corrected chi connectivity index (χ3v) is 8.43. The Bertz CT molecular complexity index is 1650. The molecule has 2 aromatic carbocycles. The van der Waals surface area contributed by atoms with Gasteiger partial charge < -0.3 is 15.6 Å². The molecule has 4 N–H and O–H groups in total. The molecule has 0 radical (unpaired) electrons. The summed E-state index contributed by atoms with van der Waals surface area (Å²) in [6.45, 7) is 10.7. The van der Waals surface area contributed by atoms with E-state index in [0.717, 1.165) is 77.6 Å². The van der Waals surface area contributed by atoms with Crippen LogP contribution in [0.25, 0.3) is 22.5 Å². The second kappa shape index (κ2) is 17.4. The van der Waals surface area contributed by atoms with E-state index in [1.54, 1.807) is 4.68 Å². The average Bonchev–Trinajstić information content (AvgIpc) is 3.55. The van der Waals surface area contributed by atoms with Crippen LogP contribution in [0.15, 0.2) is 96.1 Å². The zero-order chi connectivity index (χ0) is 32.9. The molecule has 9 heteroatoms. The number of aromatic nitrogens is 3. The molecule has 0 unspecified atom stereocenters. The molecule has 0 bridgehead atoms. The monoisotopic (exact) mass is 635 g/mol. The molecule has 4 aromatic rings. The largest absolute Gasteiger partial charge is 0.326 e. The van der Waals surface area contributed by atoms with Gasteiger partial charge in [0.25, 0.3) is 0 Å². The van der Waals surface area contributed by atoms with Crippen LogP contribution in [0.4, 0.5) is 5.69 Å². The summed E-state index contributed by atoms with van der Waals surface area (Å²) in [5.41, 5.74) is 6.28. The lowest BCUT2D eigenvalue weighted by Crippen LogP contribution is -2.38. The molecule has 1 amide bonds. The van der Waals surface area contributed by atoms with Gasteiger partial charge in [0.05, 0.1) is 11.4 Å². The van der Waals surface area contributed by atoms with Crippen molar-refractivity contribution in [1.29, 1.82) is 5.41 Å². The first-order chi connectivity index (χ1) is 22.5. The number of anilines is 1. The van der Waals surface area contributed by atoms with Crippen molar-refractivity contribution in [3.05, 3.63) is 108 Å². The number of nitrogens with one attached hydrogen (secondary N) is 2. The van der Waals surface area contributed by atoms with Gasteiger partial charge in [0.2, 0.25) is 5.91 Å². The van der Waals surface area contributed by atoms with Crippen molar-refractivity contribution in [2.24, 2.45) is 11.1 Å². The predicted octanol–water partition coefficient (Wildman–Crippen LogP) is 7.93. The number of nitrogens with zero attached hydrogens (tertiary/aromatic N) is 4. The fourth-order valence-corrected chi connectivity index (χ4v) is 5.84. The van der Waals surface area contributed by atoms with Gasteiger partial charge in [-0.15, -0.1) is 0 Å². The van der Waals surface area contributed by atoms with E-state index >= 15 is 0 Å². The molecule has 3 heterocycles. The van der Waals surface area contributed by atoms with E-state index in [1.165, 1.54) is 18.2 Å². The quantitative estimate of drug-likeness (QED) is 0.0876. The lowest BCUT2D eigenvalue weighted by Gasteiger charge is -2.31. The maximum atomic E-state index is 12.9. The van der Waals surface area contributed by atoms with E-state index in [4.69, 9.17) is 15.5 Å². The standard InChI is InChI=1S/C35H39N7OS.C2H6/c1-3-26(10-7-8-18-41-19-16-28(17-20-41)35(43)38-30-13-9-14-31(23-30)44-37)33-32(27-11-5-4-6-12-27)22-29(24-36)34(39-33)42-21-15-25(2)40-42;1-2/h3-7,9-15,21-24,28,36H,8,16-20,37H2,1-2H3,(H,38,43);1-2H3/b10-7-,26-3+,36-24?;. The fraction of sp³-hybridized carbons (Fsp3) is 0.297. The van der Waals surface area contributed by atoms with Crippen molar-refractivity contribution in [3.63, 3.8) is 0 Å². The van der Waals surface area contributed by atoms with Crippen LogP contribution in [0, 0.1) is 18.3 Å². The second-order valence-corrected chi connectivity index (χ2v) is 11.6. The molecular formula is C37H45N7OS. The van der Waals surface area contributed by atoms with E-state index in [2.05, 4.69) is 45.7 Å². The summed E-state index contributed by atoms with van der Waals surface area (Å²) in [5, 5.41) is 21.4. The summed E-state index contributed by atoms with van der Waals surface area (Å²) in [4.78, 5) is 21.3. The van der Waals surface area contributed by atoms with Crippen LogP contribution in [0.5, 0.6) is 0 Å². The van der Waals surface area contributed by atoms with Gasteiger partial charge in [0.1, 0.15) is 0 Å².